The topological polar surface area (TPSA) is 97.4 Å². The number of nitrogens with one attached hydrogen (secondary N) is 2. The number of rotatable bonds is 6. The second-order valence-electron chi connectivity index (χ2n) is 4.84. The first-order chi connectivity index (χ1) is 12.2. The molecular weight excluding hydrogens is 395 g/mol. The highest BCUT2D eigenvalue weighted by Crippen LogP contribution is 2.25. The molecule has 0 fully saturated rings. The molecule has 3 amide bonds. The van der Waals surface area contributed by atoms with E-state index in [4.69, 9.17) is 0 Å². The third-order valence-corrected chi connectivity index (χ3v) is 4.34. The molecule has 2 rings (SSSR count). The van der Waals surface area contributed by atoms with Crippen molar-refractivity contribution in [1.29, 1.82) is 0 Å². The van der Waals surface area contributed by atoms with Gasteiger partial charge in [-0.15, -0.1) is 11.3 Å². The van der Waals surface area contributed by atoms with Gasteiger partial charge in [-0.2, -0.15) is 24.5 Å². The molecule has 0 aliphatic carbocycles. The van der Waals surface area contributed by atoms with Crippen LogP contribution in [0.3, 0.4) is 0 Å². The summed E-state index contributed by atoms with van der Waals surface area (Å²) in [4.78, 5) is 38.4. The number of alkyl halides is 3. The number of carbonyl (C=O) groups excluding carboxylic acids is 3. The molecule has 7 nitrogen and oxygen atoms in total. The maximum absolute atomic E-state index is 11.9. The van der Waals surface area contributed by atoms with Gasteiger partial charge in [-0.25, -0.2) is 9.78 Å². The molecule has 2 N–H and O–H groups in total. The molecule has 0 spiro atoms. The fourth-order valence-electron chi connectivity index (χ4n) is 1.64. The lowest BCUT2D eigenvalue weighted by Gasteiger charge is -2.09. The Balaban J connectivity index is 1.71. The number of urea groups is 1. The van der Waals surface area contributed by atoms with Gasteiger partial charge in [0.15, 0.2) is 6.61 Å². The SMILES string of the molecule is O=C(COC(=O)Cc1csc(-c2ccsc2)n1)NC(=O)NCC(F)(F)F. The smallest absolute Gasteiger partial charge is 0.405 e. The lowest BCUT2D eigenvalue weighted by molar-refractivity contribution is -0.147. The van der Waals surface area contributed by atoms with Gasteiger partial charge in [-0.05, 0) is 11.4 Å². The summed E-state index contributed by atoms with van der Waals surface area (Å²) in [7, 11) is 0. The Labute approximate surface area is 153 Å². The Hall–Kier alpha value is -2.47. The number of hydrogen-bond donors (Lipinski definition) is 2. The van der Waals surface area contributed by atoms with Crippen LogP contribution in [0.25, 0.3) is 10.6 Å². The van der Waals surface area contributed by atoms with Crippen molar-refractivity contribution in [2.24, 2.45) is 0 Å². The van der Waals surface area contributed by atoms with Crippen molar-refractivity contribution in [3.63, 3.8) is 0 Å². The van der Waals surface area contributed by atoms with E-state index in [2.05, 4.69) is 9.72 Å². The van der Waals surface area contributed by atoms with Crippen molar-refractivity contribution in [3.05, 3.63) is 27.9 Å². The number of thiophene rings is 1. The van der Waals surface area contributed by atoms with Crippen LogP contribution in [0.2, 0.25) is 0 Å². The van der Waals surface area contributed by atoms with Crippen LogP contribution in [0.5, 0.6) is 0 Å². The normalized spacial score (nSPS) is 11.0. The zero-order valence-electron chi connectivity index (χ0n) is 13.0. The molecule has 0 aromatic carbocycles. The molecule has 0 aliphatic rings. The van der Waals surface area contributed by atoms with Crippen molar-refractivity contribution in [1.82, 2.24) is 15.6 Å². The minimum absolute atomic E-state index is 0.172. The number of halogens is 3. The molecule has 0 bridgehead atoms. The summed E-state index contributed by atoms with van der Waals surface area (Å²) in [6.45, 7) is -2.37. The number of imide groups is 1. The minimum atomic E-state index is -4.59. The summed E-state index contributed by atoms with van der Waals surface area (Å²) < 4.78 is 40.4. The van der Waals surface area contributed by atoms with Crippen LogP contribution in [-0.4, -0.2) is 42.2 Å². The summed E-state index contributed by atoms with van der Waals surface area (Å²) in [6, 6.07) is 0.558. The lowest BCUT2D eigenvalue weighted by Crippen LogP contribution is -2.44. The Kier molecular flexibility index (Phi) is 6.69. The summed E-state index contributed by atoms with van der Waals surface area (Å²) in [5.41, 5.74) is 1.40. The number of hydrogen-bond acceptors (Lipinski definition) is 7. The van der Waals surface area contributed by atoms with Crippen molar-refractivity contribution < 1.29 is 32.3 Å². The molecule has 26 heavy (non-hydrogen) atoms. The van der Waals surface area contributed by atoms with E-state index in [1.54, 1.807) is 10.7 Å². The average molecular weight is 407 g/mol. The van der Waals surface area contributed by atoms with Gasteiger partial charge in [0.2, 0.25) is 0 Å². The van der Waals surface area contributed by atoms with E-state index in [0.717, 1.165) is 10.6 Å². The van der Waals surface area contributed by atoms with E-state index in [0.29, 0.717) is 5.69 Å². The Morgan fingerprint density at radius 3 is 2.65 bits per heavy atom. The minimum Gasteiger partial charge on any atom is -0.455 e. The number of carbonyl (C=O) groups is 3. The number of nitrogens with zero attached hydrogens (tertiary/aromatic N) is 1. The third kappa shape index (κ3) is 6.80. The van der Waals surface area contributed by atoms with Gasteiger partial charge in [0, 0.05) is 16.3 Å². The summed E-state index contributed by atoms with van der Waals surface area (Å²) in [6.07, 6.45) is -4.77. The van der Waals surface area contributed by atoms with Crippen LogP contribution in [-0.2, 0) is 20.7 Å². The highest BCUT2D eigenvalue weighted by molar-refractivity contribution is 7.14. The zero-order chi connectivity index (χ0) is 19.2. The average Bonchev–Trinajstić information content (AvgIpc) is 3.21. The molecule has 0 radical (unpaired) electrons. The number of ether oxygens (including phenoxy) is 1. The van der Waals surface area contributed by atoms with E-state index < -0.39 is 37.2 Å². The monoisotopic (exact) mass is 407 g/mol. The lowest BCUT2D eigenvalue weighted by atomic mass is 10.3. The first-order valence-corrected chi connectivity index (χ1v) is 8.82. The van der Waals surface area contributed by atoms with Crippen LogP contribution in [0.1, 0.15) is 5.69 Å². The van der Waals surface area contributed by atoms with Crippen molar-refractivity contribution in [3.8, 4) is 10.6 Å². The quantitative estimate of drug-likeness (QED) is 0.717. The first-order valence-electron chi connectivity index (χ1n) is 7.00. The largest absolute Gasteiger partial charge is 0.455 e. The molecule has 0 saturated heterocycles. The van der Waals surface area contributed by atoms with E-state index in [1.807, 2.05) is 16.8 Å². The van der Waals surface area contributed by atoms with Crippen LogP contribution in [0.15, 0.2) is 22.2 Å². The van der Waals surface area contributed by atoms with Gasteiger partial charge in [0.25, 0.3) is 5.91 Å². The van der Waals surface area contributed by atoms with E-state index in [-0.39, 0.29) is 6.42 Å². The molecule has 0 saturated carbocycles. The van der Waals surface area contributed by atoms with Gasteiger partial charge in [-0.1, -0.05) is 0 Å². The molecule has 2 aromatic rings. The number of thiazole rings is 1. The number of aromatic nitrogens is 1. The van der Waals surface area contributed by atoms with Gasteiger partial charge in [0.05, 0.1) is 12.1 Å². The van der Waals surface area contributed by atoms with Crippen LogP contribution in [0.4, 0.5) is 18.0 Å². The van der Waals surface area contributed by atoms with Gasteiger partial charge < -0.3 is 10.1 Å². The van der Waals surface area contributed by atoms with Crippen LogP contribution < -0.4 is 10.6 Å². The van der Waals surface area contributed by atoms with Gasteiger partial charge >= 0.3 is 18.2 Å². The predicted octanol–water partition coefficient (Wildman–Crippen LogP) is 2.35. The van der Waals surface area contributed by atoms with Crippen LogP contribution >= 0.6 is 22.7 Å². The van der Waals surface area contributed by atoms with Crippen molar-refractivity contribution >= 4 is 40.6 Å². The molecule has 2 heterocycles. The van der Waals surface area contributed by atoms with E-state index >= 15 is 0 Å². The van der Waals surface area contributed by atoms with Gasteiger partial charge in [-0.3, -0.25) is 14.9 Å². The second-order valence-corrected chi connectivity index (χ2v) is 6.48. The first kappa shape index (κ1) is 19.8. The van der Waals surface area contributed by atoms with Crippen molar-refractivity contribution in [2.75, 3.05) is 13.2 Å². The van der Waals surface area contributed by atoms with Crippen molar-refractivity contribution in [2.45, 2.75) is 12.6 Å². The predicted molar refractivity (Wildman–Crippen MR) is 87.7 cm³/mol. The second kappa shape index (κ2) is 8.76. The molecule has 0 atom stereocenters. The molecule has 0 aliphatic heterocycles. The highest BCUT2D eigenvalue weighted by Gasteiger charge is 2.28. The van der Waals surface area contributed by atoms with E-state index in [1.165, 1.54) is 28.0 Å². The Morgan fingerprint density at radius 1 is 1.23 bits per heavy atom. The standard InChI is InChI=1S/C14H12F3N3O4S2/c15-14(16,17)7-18-13(23)20-10(21)4-24-11(22)3-9-6-26-12(19-9)8-1-2-25-5-8/h1-2,5-6H,3-4,7H2,(H2,18,20,21,23). The van der Waals surface area contributed by atoms with Crippen LogP contribution in [0, 0.1) is 0 Å². The molecule has 140 valence electrons. The molecular formula is C14H12F3N3O4S2. The molecule has 2 aromatic heterocycles. The maximum Gasteiger partial charge on any atom is 0.405 e. The highest BCUT2D eigenvalue weighted by atomic mass is 32.1. The molecule has 12 heteroatoms. The maximum atomic E-state index is 11.9. The van der Waals surface area contributed by atoms with E-state index in [9.17, 15) is 27.6 Å². The Bertz CT molecular complexity index is 775. The van der Waals surface area contributed by atoms with Gasteiger partial charge in [0.1, 0.15) is 11.6 Å². The zero-order valence-corrected chi connectivity index (χ0v) is 14.6. The summed E-state index contributed by atoms with van der Waals surface area (Å²) >= 11 is 2.87. The summed E-state index contributed by atoms with van der Waals surface area (Å²) in [5.74, 6) is -1.80. The fourth-order valence-corrected chi connectivity index (χ4v) is 3.17. The Morgan fingerprint density at radius 2 is 2.00 bits per heavy atom. The third-order valence-electron chi connectivity index (χ3n) is 2.71. The number of esters is 1. The molecule has 0 unspecified atom stereocenters. The summed E-state index contributed by atoms with van der Waals surface area (Å²) in [5, 5.41) is 9.30. The number of amides is 3. The fraction of sp³-hybridized carbons (Fsp3) is 0.286.